The molecule has 38 heavy (non-hydrogen) atoms. The molecule has 2 atom stereocenters. The third-order valence-electron chi connectivity index (χ3n) is 7.02. The van der Waals surface area contributed by atoms with Crippen molar-refractivity contribution in [2.24, 2.45) is 0 Å². The van der Waals surface area contributed by atoms with Crippen LogP contribution in [-0.2, 0) is 20.9 Å². The lowest BCUT2D eigenvalue weighted by Gasteiger charge is -2.33. The van der Waals surface area contributed by atoms with Gasteiger partial charge in [-0.2, -0.15) is 4.80 Å². The van der Waals surface area contributed by atoms with Crippen LogP contribution in [0.3, 0.4) is 0 Å². The Morgan fingerprint density at radius 3 is 2.34 bits per heavy atom. The molecule has 1 N–H and O–H groups in total. The van der Waals surface area contributed by atoms with E-state index in [2.05, 4.69) is 20.7 Å². The van der Waals surface area contributed by atoms with Crippen LogP contribution in [-0.4, -0.2) is 62.2 Å². The lowest BCUT2D eigenvalue weighted by Crippen LogP contribution is -2.49. The maximum Gasteiger partial charge on any atom is 0.247 e. The lowest BCUT2D eigenvalue weighted by atomic mass is 10.0. The van der Waals surface area contributed by atoms with Crippen LogP contribution in [0.5, 0.6) is 0 Å². The van der Waals surface area contributed by atoms with Crippen molar-refractivity contribution in [3.63, 3.8) is 0 Å². The summed E-state index contributed by atoms with van der Waals surface area (Å²) in [5.74, 6) is -1.28. The van der Waals surface area contributed by atoms with E-state index >= 15 is 0 Å². The minimum absolute atomic E-state index is 0.0420. The number of carbonyl (C=O) groups is 2. The SMILES string of the molecule is O=C(NC1CCCC1)C(c1ccc(F)cc1)N(CC1CCCO1)C(=O)Cn1nnc(-c2ccc(F)cc2)n1. The molecule has 3 aromatic rings. The van der Waals surface area contributed by atoms with E-state index < -0.39 is 17.8 Å². The molecule has 0 bridgehead atoms. The second kappa shape index (κ2) is 11.8. The molecule has 2 unspecified atom stereocenters. The van der Waals surface area contributed by atoms with Gasteiger partial charge in [-0.3, -0.25) is 9.59 Å². The van der Waals surface area contributed by atoms with Crippen LogP contribution in [0.4, 0.5) is 8.78 Å². The maximum atomic E-state index is 13.8. The van der Waals surface area contributed by atoms with Gasteiger partial charge < -0.3 is 15.0 Å². The number of halogens is 2. The fourth-order valence-electron chi connectivity index (χ4n) is 5.06. The molecular weight excluding hydrogens is 494 g/mol. The molecule has 5 rings (SSSR count). The molecule has 2 heterocycles. The van der Waals surface area contributed by atoms with Crippen molar-refractivity contribution in [3.8, 4) is 11.4 Å². The van der Waals surface area contributed by atoms with E-state index in [0.717, 1.165) is 43.3 Å². The van der Waals surface area contributed by atoms with Crippen molar-refractivity contribution < 1.29 is 23.1 Å². The number of hydrogen-bond acceptors (Lipinski definition) is 6. The second-order valence-corrected chi connectivity index (χ2v) is 9.78. The van der Waals surface area contributed by atoms with Gasteiger partial charge >= 0.3 is 0 Å². The Labute approximate surface area is 219 Å². The molecular formula is C27H30F2N6O3. The minimum atomic E-state index is -0.979. The molecule has 1 saturated carbocycles. The van der Waals surface area contributed by atoms with Gasteiger partial charge in [0.25, 0.3) is 0 Å². The van der Waals surface area contributed by atoms with Gasteiger partial charge in [0.05, 0.1) is 6.10 Å². The molecule has 200 valence electrons. The van der Waals surface area contributed by atoms with Crippen LogP contribution >= 0.6 is 0 Å². The number of aromatic nitrogens is 4. The summed E-state index contributed by atoms with van der Waals surface area (Å²) in [6.45, 7) is 0.516. The fourth-order valence-corrected chi connectivity index (χ4v) is 5.06. The van der Waals surface area contributed by atoms with E-state index in [9.17, 15) is 18.4 Å². The molecule has 1 saturated heterocycles. The first-order valence-corrected chi connectivity index (χ1v) is 13.0. The number of hydrogen-bond donors (Lipinski definition) is 1. The summed E-state index contributed by atoms with van der Waals surface area (Å²) in [5.41, 5.74) is 1.06. The predicted octanol–water partition coefficient (Wildman–Crippen LogP) is 3.43. The number of carbonyl (C=O) groups excluding carboxylic acids is 2. The number of nitrogens with zero attached hydrogens (tertiary/aromatic N) is 5. The number of tetrazole rings is 1. The van der Waals surface area contributed by atoms with Crippen LogP contribution < -0.4 is 5.32 Å². The first-order valence-electron chi connectivity index (χ1n) is 13.0. The van der Waals surface area contributed by atoms with Crippen LogP contribution in [0.15, 0.2) is 48.5 Å². The van der Waals surface area contributed by atoms with E-state index in [4.69, 9.17) is 4.74 Å². The van der Waals surface area contributed by atoms with Crippen molar-refractivity contribution in [1.29, 1.82) is 0 Å². The van der Waals surface area contributed by atoms with Gasteiger partial charge in [0.1, 0.15) is 24.2 Å². The van der Waals surface area contributed by atoms with Gasteiger partial charge in [0.15, 0.2) is 0 Å². The fraction of sp³-hybridized carbons (Fsp3) is 0.444. The molecule has 2 aliphatic rings. The molecule has 1 aromatic heterocycles. The zero-order chi connectivity index (χ0) is 26.5. The quantitative estimate of drug-likeness (QED) is 0.460. The standard InChI is InChI=1S/C27H30F2N6O3/c28-20-11-7-18(8-12-20)25(27(37)30-22-4-1-2-5-22)34(16-23-6-3-15-38-23)24(36)17-35-32-26(31-33-35)19-9-13-21(29)14-10-19/h7-14,22-23,25H,1-6,15-17H2,(H,30,37). The Bertz CT molecular complexity index is 1240. The van der Waals surface area contributed by atoms with E-state index in [-0.39, 0.29) is 42.8 Å². The number of nitrogens with one attached hydrogen (secondary N) is 1. The average molecular weight is 525 g/mol. The summed E-state index contributed by atoms with van der Waals surface area (Å²) in [6, 6.07) is 10.3. The minimum Gasteiger partial charge on any atom is -0.376 e. The summed E-state index contributed by atoms with van der Waals surface area (Å²) in [4.78, 5) is 30.0. The predicted molar refractivity (Wildman–Crippen MR) is 133 cm³/mol. The third kappa shape index (κ3) is 6.21. The Hall–Kier alpha value is -3.73. The van der Waals surface area contributed by atoms with Gasteiger partial charge in [-0.25, -0.2) is 8.78 Å². The van der Waals surface area contributed by atoms with E-state index in [1.54, 1.807) is 0 Å². The highest BCUT2D eigenvalue weighted by atomic mass is 19.1. The first kappa shape index (κ1) is 25.9. The molecule has 9 nitrogen and oxygen atoms in total. The molecule has 2 aromatic carbocycles. The number of ether oxygens (including phenoxy) is 1. The van der Waals surface area contributed by atoms with Crippen molar-refractivity contribution in [2.75, 3.05) is 13.2 Å². The average Bonchev–Trinajstić information content (AvgIpc) is 3.69. The maximum absolute atomic E-state index is 13.8. The van der Waals surface area contributed by atoms with Crippen molar-refractivity contribution in [3.05, 3.63) is 65.7 Å². The van der Waals surface area contributed by atoms with E-state index in [0.29, 0.717) is 17.7 Å². The van der Waals surface area contributed by atoms with E-state index in [1.807, 2.05) is 0 Å². The summed E-state index contributed by atoms with van der Waals surface area (Å²) in [6.07, 6.45) is 5.26. The molecule has 0 spiro atoms. The Kier molecular flexibility index (Phi) is 8.02. The zero-order valence-electron chi connectivity index (χ0n) is 20.9. The number of amides is 2. The van der Waals surface area contributed by atoms with Crippen molar-refractivity contribution in [1.82, 2.24) is 30.4 Å². The Balaban J connectivity index is 1.42. The van der Waals surface area contributed by atoms with Gasteiger partial charge in [-0.05, 0) is 72.9 Å². The van der Waals surface area contributed by atoms with Crippen LogP contribution in [0, 0.1) is 11.6 Å². The second-order valence-electron chi connectivity index (χ2n) is 9.78. The molecule has 11 heteroatoms. The summed E-state index contributed by atoms with van der Waals surface area (Å²) < 4.78 is 32.9. The molecule has 2 fully saturated rings. The van der Waals surface area contributed by atoms with Crippen molar-refractivity contribution in [2.45, 2.75) is 63.3 Å². The largest absolute Gasteiger partial charge is 0.376 e. The highest BCUT2D eigenvalue weighted by molar-refractivity contribution is 5.89. The van der Waals surface area contributed by atoms with Crippen molar-refractivity contribution >= 4 is 11.8 Å². The van der Waals surface area contributed by atoms with Gasteiger partial charge in [-0.1, -0.05) is 25.0 Å². The monoisotopic (exact) mass is 524 g/mol. The van der Waals surface area contributed by atoms with Crippen LogP contribution in [0.25, 0.3) is 11.4 Å². The molecule has 0 radical (unpaired) electrons. The highest BCUT2D eigenvalue weighted by Crippen LogP contribution is 2.27. The molecule has 1 aliphatic carbocycles. The van der Waals surface area contributed by atoms with Gasteiger partial charge in [0.2, 0.25) is 17.6 Å². The normalized spacial score (nSPS) is 18.4. The van der Waals surface area contributed by atoms with Crippen LogP contribution in [0.2, 0.25) is 0 Å². The third-order valence-corrected chi connectivity index (χ3v) is 7.02. The number of rotatable bonds is 9. The summed E-state index contributed by atoms with van der Waals surface area (Å²) >= 11 is 0. The molecule has 2 amide bonds. The van der Waals surface area contributed by atoms with Gasteiger partial charge in [-0.15, -0.1) is 10.2 Å². The number of benzene rings is 2. The van der Waals surface area contributed by atoms with Gasteiger partial charge in [0, 0.05) is 24.8 Å². The lowest BCUT2D eigenvalue weighted by molar-refractivity contribution is -0.143. The highest BCUT2D eigenvalue weighted by Gasteiger charge is 2.35. The topological polar surface area (TPSA) is 102 Å². The molecule has 1 aliphatic heterocycles. The van der Waals surface area contributed by atoms with Crippen LogP contribution in [0.1, 0.15) is 50.1 Å². The summed E-state index contributed by atoms with van der Waals surface area (Å²) in [5, 5.41) is 15.4. The summed E-state index contributed by atoms with van der Waals surface area (Å²) in [7, 11) is 0. The Morgan fingerprint density at radius 1 is 1.00 bits per heavy atom. The zero-order valence-corrected chi connectivity index (χ0v) is 20.9. The van der Waals surface area contributed by atoms with E-state index in [1.165, 1.54) is 53.4 Å². The first-order chi connectivity index (χ1) is 18.5. The Morgan fingerprint density at radius 2 is 1.68 bits per heavy atom. The smallest absolute Gasteiger partial charge is 0.247 e.